The molecule has 2 aromatic rings. The number of piperidine rings is 1. The van der Waals surface area contributed by atoms with Crippen LogP contribution in [-0.2, 0) is 11.0 Å². The van der Waals surface area contributed by atoms with E-state index in [4.69, 9.17) is 4.74 Å². The summed E-state index contributed by atoms with van der Waals surface area (Å²) in [6.45, 7) is 3.12. The average molecular weight is 407 g/mol. The van der Waals surface area contributed by atoms with E-state index in [0.29, 0.717) is 43.9 Å². The number of carboxylic acid groups (broad SMARTS) is 1. The minimum Gasteiger partial charge on any atom is -0.494 e. The molecule has 1 saturated heterocycles. The van der Waals surface area contributed by atoms with E-state index in [0.717, 1.165) is 6.07 Å². The van der Waals surface area contributed by atoms with Gasteiger partial charge in [-0.2, -0.15) is 13.2 Å². The van der Waals surface area contributed by atoms with Crippen LogP contribution in [0.2, 0.25) is 0 Å². The lowest BCUT2D eigenvalue weighted by Crippen LogP contribution is -2.39. The zero-order valence-electron chi connectivity index (χ0n) is 16.2. The standard InChI is InChI=1S/C22H24F3NO3/c1-2-29-17-7-5-6-16(14-17)20(26-12-10-15(11-13-26)21(27)28)18-8-3-4-9-19(18)22(23,24)25/h3-9,14-15,20H,2,10-13H2,1H3,(H,27,28). The predicted octanol–water partition coefficient (Wildman–Crippen LogP) is 4.99. The number of ether oxygens (including phenoxy) is 1. The maximum Gasteiger partial charge on any atom is 0.416 e. The fourth-order valence-electron chi connectivity index (χ4n) is 3.93. The number of benzene rings is 2. The highest BCUT2D eigenvalue weighted by molar-refractivity contribution is 5.70. The normalized spacial score (nSPS) is 17.1. The van der Waals surface area contributed by atoms with Crippen LogP contribution in [0.5, 0.6) is 5.75 Å². The van der Waals surface area contributed by atoms with Crippen molar-refractivity contribution in [2.75, 3.05) is 19.7 Å². The van der Waals surface area contributed by atoms with Gasteiger partial charge in [-0.3, -0.25) is 9.69 Å². The summed E-state index contributed by atoms with van der Waals surface area (Å²) in [5.74, 6) is -0.713. The number of likely N-dealkylation sites (tertiary alicyclic amines) is 1. The molecular formula is C22H24F3NO3. The van der Waals surface area contributed by atoms with Crippen LogP contribution in [0.3, 0.4) is 0 Å². The summed E-state index contributed by atoms with van der Waals surface area (Å²) in [6, 6.07) is 12.1. The first-order chi connectivity index (χ1) is 13.8. The molecule has 1 aliphatic rings. The highest BCUT2D eigenvalue weighted by Crippen LogP contribution is 2.40. The summed E-state index contributed by atoms with van der Waals surface area (Å²) >= 11 is 0. The minimum absolute atomic E-state index is 0.169. The Hall–Kier alpha value is -2.54. The lowest BCUT2D eigenvalue weighted by Gasteiger charge is -2.38. The summed E-state index contributed by atoms with van der Waals surface area (Å²) in [5.41, 5.74) is 0.191. The van der Waals surface area contributed by atoms with Gasteiger partial charge < -0.3 is 9.84 Å². The Balaban J connectivity index is 2.04. The van der Waals surface area contributed by atoms with E-state index in [1.54, 1.807) is 30.3 Å². The largest absolute Gasteiger partial charge is 0.494 e. The van der Waals surface area contributed by atoms with Gasteiger partial charge in [0.05, 0.1) is 24.1 Å². The number of alkyl halides is 3. The molecule has 4 nitrogen and oxygen atoms in total. The Morgan fingerprint density at radius 3 is 2.48 bits per heavy atom. The van der Waals surface area contributed by atoms with Crippen molar-refractivity contribution in [3.05, 3.63) is 65.2 Å². The number of carboxylic acids is 1. The van der Waals surface area contributed by atoms with Crippen LogP contribution in [0.15, 0.2) is 48.5 Å². The third-order valence-electron chi connectivity index (χ3n) is 5.29. The molecule has 0 aliphatic carbocycles. The number of hydrogen-bond donors (Lipinski definition) is 1. The van der Waals surface area contributed by atoms with Crippen LogP contribution in [0, 0.1) is 5.92 Å². The number of nitrogens with zero attached hydrogens (tertiary/aromatic N) is 1. The van der Waals surface area contributed by atoms with Crippen molar-refractivity contribution >= 4 is 5.97 Å². The Morgan fingerprint density at radius 2 is 1.86 bits per heavy atom. The molecule has 1 unspecified atom stereocenters. The van der Waals surface area contributed by atoms with Gasteiger partial charge in [-0.05, 0) is 62.2 Å². The third kappa shape index (κ3) is 4.90. The van der Waals surface area contributed by atoms with Crippen LogP contribution in [0.4, 0.5) is 13.2 Å². The second-order valence-electron chi connectivity index (χ2n) is 7.14. The SMILES string of the molecule is CCOc1cccc(C(c2ccccc2C(F)(F)F)N2CCC(C(=O)O)CC2)c1. The van der Waals surface area contributed by atoms with Crippen LogP contribution in [-0.4, -0.2) is 35.7 Å². The number of rotatable bonds is 6. The van der Waals surface area contributed by atoms with Gasteiger partial charge >= 0.3 is 12.1 Å². The van der Waals surface area contributed by atoms with Crippen LogP contribution in [0.1, 0.15) is 42.5 Å². The second-order valence-corrected chi connectivity index (χ2v) is 7.14. The lowest BCUT2D eigenvalue weighted by atomic mass is 9.89. The van der Waals surface area contributed by atoms with E-state index in [2.05, 4.69) is 0 Å². The molecule has 1 atom stereocenters. The molecule has 1 aliphatic heterocycles. The predicted molar refractivity (Wildman–Crippen MR) is 103 cm³/mol. The Morgan fingerprint density at radius 1 is 1.17 bits per heavy atom. The van der Waals surface area contributed by atoms with E-state index in [-0.39, 0.29) is 5.56 Å². The average Bonchev–Trinajstić information content (AvgIpc) is 2.69. The van der Waals surface area contributed by atoms with Crippen molar-refractivity contribution in [1.82, 2.24) is 4.90 Å². The fraction of sp³-hybridized carbons (Fsp3) is 0.409. The molecule has 156 valence electrons. The zero-order valence-corrected chi connectivity index (χ0v) is 16.2. The molecule has 0 saturated carbocycles. The molecule has 29 heavy (non-hydrogen) atoms. The zero-order chi connectivity index (χ0) is 21.0. The quantitative estimate of drug-likeness (QED) is 0.733. The first-order valence-corrected chi connectivity index (χ1v) is 9.67. The van der Waals surface area contributed by atoms with Gasteiger partial charge in [0.1, 0.15) is 5.75 Å². The summed E-state index contributed by atoms with van der Waals surface area (Å²) in [7, 11) is 0. The van der Waals surface area contributed by atoms with Gasteiger partial charge in [0.15, 0.2) is 0 Å². The molecule has 0 radical (unpaired) electrons. The summed E-state index contributed by atoms with van der Waals surface area (Å²) < 4.78 is 46.8. The van der Waals surface area contributed by atoms with E-state index in [9.17, 15) is 23.1 Å². The molecule has 1 fully saturated rings. The Labute approximate surface area is 167 Å². The molecule has 1 heterocycles. The van der Waals surface area contributed by atoms with Gasteiger partial charge in [-0.1, -0.05) is 30.3 Å². The van der Waals surface area contributed by atoms with Crippen molar-refractivity contribution in [3.8, 4) is 5.75 Å². The molecule has 2 aromatic carbocycles. The van der Waals surface area contributed by atoms with Crippen molar-refractivity contribution < 1.29 is 27.8 Å². The van der Waals surface area contributed by atoms with E-state index >= 15 is 0 Å². The summed E-state index contributed by atoms with van der Waals surface area (Å²) in [6.07, 6.45) is -3.66. The Kier molecular flexibility index (Phi) is 6.47. The van der Waals surface area contributed by atoms with Gasteiger partial charge in [-0.25, -0.2) is 0 Å². The van der Waals surface area contributed by atoms with Crippen molar-refractivity contribution in [2.45, 2.75) is 32.0 Å². The fourth-order valence-corrected chi connectivity index (χ4v) is 3.93. The van der Waals surface area contributed by atoms with Crippen LogP contribution >= 0.6 is 0 Å². The number of aliphatic carboxylic acids is 1. The van der Waals surface area contributed by atoms with Crippen LogP contribution in [0.25, 0.3) is 0 Å². The number of hydrogen-bond acceptors (Lipinski definition) is 3. The topological polar surface area (TPSA) is 49.8 Å². The second kappa shape index (κ2) is 8.86. The monoisotopic (exact) mass is 407 g/mol. The first-order valence-electron chi connectivity index (χ1n) is 9.67. The third-order valence-corrected chi connectivity index (χ3v) is 5.29. The van der Waals surface area contributed by atoms with E-state index in [1.807, 2.05) is 11.8 Å². The highest BCUT2D eigenvalue weighted by atomic mass is 19.4. The molecule has 0 spiro atoms. The van der Waals surface area contributed by atoms with Crippen molar-refractivity contribution in [2.24, 2.45) is 5.92 Å². The molecule has 1 N–H and O–H groups in total. The van der Waals surface area contributed by atoms with Gasteiger partial charge in [-0.15, -0.1) is 0 Å². The smallest absolute Gasteiger partial charge is 0.416 e. The minimum atomic E-state index is -4.48. The molecule has 0 amide bonds. The highest BCUT2D eigenvalue weighted by Gasteiger charge is 2.38. The van der Waals surface area contributed by atoms with Gasteiger partial charge in [0.25, 0.3) is 0 Å². The molecule has 3 rings (SSSR count). The maximum absolute atomic E-state index is 13.7. The van der Waals surface area contributed by atoms with Gasteiger partial charge in [0.2, 0.25) is 0 Å². The van der Waals surface area contributed by atoms with E-state index < -0.39 is 29.7 Å². The maximum atomic E-state index is 13.7. The number of carbonyl (C=O) groups is 1. The van der Waals surface area contributed by atoms with Gasteiger partial charge in [0, 0.05) is 0 Å². The molecule has 0 bridgehead atoms. The summed E-state index contributed by atoms with van der Waals surface area (Å²) in [4.78, 5) is 13.2. The van der Waals surface area contributed by atoms with Crippen molar-refractivity contribution in [3.63, 3.8) is 0 Å². The first kappa shape index (κ1) is 21.2. The summed E-state index contributed by atoms with van der Waals surface area (Å²) in [5, 5.41) is 9.26. The lowest BCUT2D eigenvalue weighted by molar-refractivity contribution is -0.143. The molecular weight excluding hydrogens is 383 g/mol. The number of halogens is 3. The molecule has 0 aromatic heterocycles. The Bertz CT molecular complexity index is 845. The molecule has 7 heteroatoms. The van der Waals surface area contributed by atoms with E-state index in [1.165, 1.54) is 12.1 Å². The van der Waals surface area contributed by atoms with Crippen molar-refractivity contribution in [1.29, 1.82) is 0 Å². The van der Waals surface area contributed by atoms with Crippen LogP contribution < -0.4 is 4.74 Å².